The van der Waals surface area contributed by atoms with Crippen LogP contribution < -0.4 is 5.73 Å². The van der Waals surface area contributed by atoms with E-state index in [2.05, 4.69) is 6.07 Å². The van der Waals surface area contributed by atoms with E-state index < -0.39 is 11.9 Å². The van der Waals surface area contributed by atoms with Crippen LogP contribution in [-0.2, 0) is 20.9 Å². The van der Waals surface area contributed by atoms with Gasteiger partial charge in [-0.1, -0.05) is 54.1 Å². The monoisotopic (exact) mass is 380 g/mol. The Hall–Kier alpha value is -3.23. The molecule has 0 saturated carbocycles. The second-order valence-corrected chi connectivity index (χ2v) is 6.44. The summed E-state index contributed by atoms with van der Waals surface area (Å²) in [5.74, 6) is -1.01. The summed E-state index contributed by atoms with van der Waals surface area (Å²) in [7, 11) is 0. The molecule has 0 fully saturated rings. The number of nitriles is 1. The van der Waals surface area contributed by atoms with E-state index in [1.165, 1.54) is 0 Å². The molecule has 2 aromatic carbocycles. The van der Waals surface area contributed by atoms with Gasteiger partial charge in [0, 0.05) is 5.02 Å². The number of hydrogen-bond donors (Lipinski definition) is 1. The van der Waals surface area contributed by atoms with Crippen molar-refractivity contribution in [3.63, 3.8) is 0 Å². The van der Waals surface area contributed by atoms with Gasteiger partial charge in [0.05, 0.1) is 17.6 Å². The summed E-state index contributed by atoms with van der Waals surface area (Å²) in [6, 6.07) is 18.3. The van der Waals surface area contributed by atoms with Gasteiger partial charge in [-0.2, -0.15) is 5.26 Å². The Labute approximate surface area is 162 Å². The molecule has 2 aromatic rings. The van der Waals surface area contributed by atoms with E-state index in [4.69, 9.17) is 26.8 Å². The Kier molecular flexibility index (Phi) is 5.49. The SMILES string of the molecule is CC1=C(C#N)[C@H](c2ccc(Cl)cc2)C(C(=O)OCc2ccccc2)=C(N)O1. The number of benzene rings is 2. The van der Waals surface area contributed by atoms with Crippen LogP contribution in [0.1, 0.15) is 24.0 Å². The van der Waals surface area contributed by atoms with Gasteiger partial charge in [0.15, 0.2) is 0 Å². The van der Waals surface area contributed by atoms with Crippen LogP contribution in [0.4, 0.5) is 0 Å². The predicted molar refractivity (Wildman–Crippen MR) is 101 cm³/mol. The number of carbonyl (C=O) groups excluding carboxylic acids is 1. The Morgan fingerprint density at radius 1 is 1.22 bits per heavy atom. The number of hydrogen-bond acceptors (Lipinski definition) is 5. The first-order valence-corrected chi connectivity index (χ1v) is 8.64. The second-order valence-electron chi connectivity index (χ2n) is 6.01. The molecule has 2 N–H and O–H groups in total. The summed E-state index contributed by atoms with van der Waals surface area (Å²) < 4.78 is 10.9. The summed E-state index contributed by atoms with van der Waals surface area (Å²) in [6.45, 7) is 1.73. The smallest absolute Gasteiger partial charge is 0.340 e. The maximum Gasteiger partial charge on any atom is 0.340 e. The Balaban J connectivity index is 1.94. The van der Waals surface area contributed by atoms with E-state index in [1.807, 2.05) is 30.3 Å². The van der Waals surface area contributed by atoms with Gasteiger partial charge in [-0.3, -0.25) is 0 Å². The zero-order chi connectivity index (χ0) is 19.4. The van der Waals surface area contributed by atoms with Gasteiger partial charge < -0.3 is 15.2 Å². The Morgan fingerprint density at radius 2 is 1.89 bits per heavy atom. The summed E-state index contributed by atoms with van der Waals surface area (Å²) >= 11 is 5.96. The molecule has 0 radical (unpaired) electrons. The fraction of sp³-hybridized carbons (Fsp3) is 0.143. The summed E-state index contributed by atoms with van der Waals surface area (Å²) in [6.07, 6.45) is 0. The van der Waals surface area contributed by atoms with Crippen molar-refractivity contribution < 1.29 is 14.3 Å². The molecule has 0 spiro atoms. The molecule has 3 rings (SSSR count). The van der Waals surface area contributed by atoms with E-state index >= 15 is 0 Å². The van der Waals surface area contributed by atoms with Crippen molar-refractivity contribution in [2.45, 2.75) is 19.4 Å². The third kappa shape index (κ3) is 3.97. The molecule has 27 heavy (non-hydrogen) atoms. The van der Waals surface area contributed by atoms with Gasteiger partial charge in [0.1, 0.15) is 17.9 Å². The zero-order valence-corrected chi connectivity index (χ0v) is 15.4. The van der Waals surface area contributed by atoms with Crippen molar-refractivity contribution in [3.05, 3.63) is 93.5 Å². The maximum absolute atomic E-state index is 12.8. The highest BCUT2D eigenvalue weighted by Gasteiger charge is 2.36. The minimum absolute atomic E-state index is 0.0653. The number of ether oxygens (including phenoxy) is 2. The van der Waals surface area contributed by atoms with E-state index in [0.717, 1.165) is 5.56 Å². The van der Waals surface area contributed by atoms with Crippen molar-refractivity contribution in [3.8, 4) is 6.07 Å². The van der Waals surface area contributed by atoms with Crippen LogP contribution in [0.2, 0.25) is 5.02 Å². The van der Waals surface area contributed by atoms with Crippen LogP contribution in [0, 0.1) is 11.3 Å². The lowest BCUT2D eigenvalue weighted by Gasteiger charge is -2.26. The number of nitrogens with two attached hydrogens (primary N) is 1. The molecule has 1 aliphatic rings. The van der Waals surface area contributed by atoms with Crippen LogP contribution >= 0.6 is 11.6 Å². The highest BCUT2D eigenvalue weighted by molar-refractivity contribution is 6.30. The molecule has 0 aliphatic carbocycles. The molecule has 0 unspecified atom stereocenters. The standard InChI is InChI=1S/C21H17ClN2O3/c1-13-17(11-23)18(15-7-9-16(22)10-8-15)19(20(24)27-13)21(25)26-12-14-5-3-2-4-6-14/h2-10,18H,12,24H2,1H3/t18-/m0/s1. The molecule has 0 bridgehead atoms. The quantitative estimate of drug-likeness (QED) is 0.805. The molecular weight excluding hydrogens is 364 g/mol. The van der Waals surface area contributed by atoms with Gasteiger partial charge in [0.2, 0.25) is 5.88 Å². The van der Waals surface area contributed by atoms with E-state index in [1.54, 1.807) is 31.2 Å². The van der Waals surface area contributed by atoms with Gasteiger partial charge >= 0.3 is 5.97 Å². The highest BCUT2D eigenvalue weighted by Crippen LogP contribution is 2.39. The number of nitrogens with zero attached hydrogens (tertiary/aromatic N) is 1. The summed E-state index contributed by atoms with van der Waals surface area (Å²) in [4.78, 5) is 12.8. The number of allylic oxidation sites excluding steroid dienone is 2. The van der Waals surface area contributed by atoms with Crippen molar-refractivity contribution in [2.75, 3.05) is 0 Å². The van der Waals surface area contributed by atoms with Crippen LogP contribution in [0.3, 0.4) is 0 Å². The highest BCUT2D eigenvalue weighted by atomic mass is 35.5. The number of rotatable bonds is 4. The first-order valence-electron chi connectivity index (χ1n) is 8.26. The third-order valence-corrected chi connectivity index (χ3v) is 4.49. The van der Waals surface area contributed by atoms with E-state index in [0.29, 0.717) is 21.9 Å². The Bertz CT molecular complexity index is 957. The van der Waals surface area contributed by atoms with Crippen LogP contribution in [0.15, 0.2) is 77.4 Å². The average molecular weight is 381 g/mol. The summed E-state index contributed by atoms with van der Waals surface area (Å²) in [5.41, 5.74) is 7.96. The second kappa shape index (κ2) is 7.98. The average Bonchev–Trinajstić information content (AvgIpc) is 2.67. The normalized spacial score (nSPS) is 16.6. The molecule has 5 nitrogen and oxygen atoms in total. The number of carbonyl (C=O) groups is 1. The van der Waals surface area contributed by atoms with Gasteiger partial charge in [-0.05, 0) is 30.2 Å². The lowest BCUT2D eigenvalue weighted by molar-refractivity contribution is -0.140. The van der Waals surface area contributed by atoms with Gasteiger partial charge in [-0.25, -0.2) is 4.79 Å². The largest absolute Gasteiger partial charge is 0.457 e. The minimum atomic E-state index is -0.677. The van der Waals surface area contributed by atoms with E-state index in [-0.39, 0.29) is 18.1 Å². The Morgan fingerprint density at radius 3 is 2.52 bits per heavy atom. The molecule has 0 saturated heterocycles. The molecule has 1 aliphatic heterocycles. The van der Waals surface area contributed by atoms with Gasteiger partial charge in [0.25, 0.3) is 0 Å². The molecule has 0 aromatic heterocycles. The van der Waals surface area contributed by atoms with Crippen molar-refractivity contribution in [1.82, 2.24) is 0 Å². The van der Waals surface area contributed by atoms with Crippen molar-refractivity contribution in [2.24, 2.45) is 5.73 Å². The lowest BCUT2D eigenvalue weighted by Crippen LogP contribution is -2.26. The molecule has 6 heteroatoms. The van der Waals surface area contributed by atoms with Gasteiger partial charge in [-0.15, -0.1) is 0 Å². The summed E-state index contributed by atoms with van der Waals surface area (Å²) in [5, 5.41) is 10.2. The van der Waals surface area contributed by atoms with E-state index in [9.17, 15) is 10.1 Å². The number of halogens is 1. The fourth-order valence-corrected chi connectivity index (χ4v) is 3.04. The molecule has 1 atom stereocenters. The molecule has 1 heterocycles. The lowest BCUT2D eigenvalue weighted by atomic mass is 9.83. The topological polar surface area (TPSA) is 85.3 Å². The minimum Gasteiger partial charge on any atom is -0.457 e. The molecule has 136 valence electrons. The first kappa shape index (κ1) is 18.6. The van der Waals surface area contributed by atoms with Crippen LogP contribution in [0.25, 0.3) is 0 Å². The molecular formula is C21H17ClN2O3. The maximum atomic E-state index is 12.8. The van der Waals surface area contributed by atoms with Crippen LogP contribution in [0.5, 0.6) is 0 Å². The number of esters is 1. The fourth-order valence-electron chi connectivity index (χ4n) is 2.92. The zero-order valence-electron chi connectivity index (χ0n) is 14.6. The van der Waals surface area contributed by atoms with Crippen LogP contribution in [-0.4, -0.2) is 5.97 Å². The third-order valence-electron chi connectivity index (χ3n) is 4.24. The van der Waals surface area contributed by atoms with Crippen molar-refractivity contribution >= 4 is 17.6 Å². The predicted octanol–water partition coefficient (Wildman–Crippen LogP) is 4.17. The van der Waals surface area contributed by atoms with Crippen molar-refractivity contribution in [1.29, 1.82) is 5.26 Å². The molecule has 0 amide bonds. The first-order chi connectivity index (χ1) is 13.0.